The number of aromatic hydroxyl groups is 1. The molecule has 0 radical (unpaired) electrons. The van der Waals surface area contributed by atoms with Crippen molar-refractivity contribution in [1.29, 1.82) is 0 Å². The second kappa shape index (κ2) is 5.52. The number of amides is 2. The molecule has 22 heavy (non-hydrogen) atoms. The molecule has 1 saturated heterocycles. The first-order valence-electron chi connectivity index (χ1n) is 7.03. The highest BCUT2D eigenvalue weighted by atomic mass is 16.3. The Kier molecular flexibility index (Phi) is 3.55. The van der Waals surface area contributed by atoms with Gasteiger partial charge in [-0.3, -0.25) is 9.59 Å². The second-order valence-corrected chi connectivity index (χ2v) is 5.36. The molecule has 0 aromatic heterocycles. The van der Waals surface area contributed by atoms with Gasteiger partial charge >= 0.3 is 0 Å². The van der Waals surface area contributed by atoms with Crippen molar-refractivity contribution in [2.45, 2.75) is 19.4 Å². The Morgan fingerprint density at radius 2 is 1.91 bits per heavy atom. The fourth-order valence-electron chi connectivity index (χ4n) is 2.58. The Morgan fingerprint density at radius 1 is 1.14 bits per heavy atom. The molecule has 0 saturated carbocycles. The van der Waals surface area contributed by atoms with Gasteiger partial charge in [-0.1, -0.05) is 18.2 Å². The van der Waals surface area contributed by atoms with Gasteiger partial charge in [0.2, 0.25) is 5.91 Å². The van der Waals surface area contributed by atoms with E-state index in [9.17, 15) is 14.7 Å². The molecule has 2 aromatic rings. The number of anilines is 2. The monoisotopic (exact) mass is 296 g/mol. The molecular weight excluding hydrogens is 280 g/mol. The standard InChI is InChI=1S/C17H16N2O3/c1-11-4-2-6-13(8-11)19-16(21)10-15(17(19)22)18-12-5-3-7-14(20)9-12/h2-9,15,18,20H,10H2,1H3. The second-order valence-electron chi connectivity index (χ2n) is 5.36. The quantitative estimate of drug-likeness (QED) is 0.854. The van der Waals surface area contributed by atoms with Crippen LogP contribution in [0.3, 0.4) is 0 Å². The Balaban J connectivity index is 1.82. The van der Waals surface area contributed by atoms with Crippen LogP contribution < -0.4 is 10.2 Å². The van der Waals surface area contributed by atoms with Gasteiger partial charge in [0, 0.05) is 11.8 Å². The minimum Gasteiger partial charge on any atom is -0.508 e. The number of nitrogens with zero attached hydrogens (tertiary/aromatic N) is 1. The van der Waals surface area contributed by atoms with Crippen LogP contribution in [0.2, 0.25) is 0 Å². The number of aryl methyl sites for hydroxylation is 1. The van der Waals surface area contributed by atoms with Gasteiger partial charge in [0.05, 0.1) is 12.1 Å². The van der Waals surface area contributed by atoms with E-state index >= 15 is 0 Å². The molecule has 112 valence electrons. The molecule has 1 aliphatic rings. The Bertz CT molecular complexity index is 742. The summed E-state index contributed by atoms with van der Waals surface area (Å²) in [5.74, 6) is -0.399. The molecule has 2 amide bonds. The van der Waals surface area contributed by atoms with Crippen molar-refractivity contribution >= 4 is 23.2 Å². The predicted octanol–water partition coefficient (Wildman–Crippen LogP) is 2.44. The van der Waals surface area contributed by atoms with Crippen molar-refractivity contribution in [2.24, 2.45) is 0 Å². The maximum atomic E-state index is 12.5. The lowest BCUT2D eigenvalue weighted by Crippen LogP contribution is -2.34. The van der Waals surface area contributed by atoms with E-state index in [0.29, 0.717) is 11.4 Å². The third-order valence-corrected chi connectivity index (χ3v) is 3.59. The number of rotatable bonds is 3. The first-order chi connectivity index (χ1) is 10.5. The zero-order chi connectivity index (χ0) is 15.7. The number of carbonyl (C=O) groups excluding carboxylic acids is 2. The van der Waals surface area contributed by atoms with Crippen LogP contribution in [-0.2, 0) is 9.59 Å². The number of nitrogens with one attached hydrogen (secondary N) is 1. The summed E-state index contributed by atoms with van der Waals surface area (Å²) in [4.78, 5) is 25.9. The van der Waals surface area contributed by atoms with Crippen molar-refractivity contribution in [3.05, 3.63) is 54.1 Å². The lowest BCUT2D eigenvalue weighted by atomic mass is 10.2. The van der Waals surface area contributed by atoms with Crippen molar-refractivity contribution < 1.29 is 14.7 Å². The zero-order valence-electron chi connectivity index (χ0n) is 12.1. The summed E-state index contributed by atoms with van der Waals surface area (Å²) in [6.07, 6.45) is 0.0996. The molecule has 1 fully saturated rings. The van der Waals surface area contributed by atoms with Gasteiger partial charge in [-0.15, -0.1) is 0 Å². The molecule has 0 aliphatic carbocycles. The maximum absolute atomic E-state index is 12.5. The maximum Gasteiger partial charge on any atom is 0.256 e. The fourth-order valence-corrected chi connectivity index (χ4v) is 2.58. The van der Waals surface area contributed by atoms with Crippen LogP contribution in [0.15, 0.2) is 48.5 Å². The van der Waals surface area contributed by atoms with E-state index in [4.69, 9.17) is 0 Å². The van der Waals surface area contributed by atoms with Gasteiger partial charge in [0.1, 0.15) is 11.8 Å². The minimum absolute atomic E-state index is 0.0996. The van der Waals surface area contributed by atoms with E-state index in [-0.39, 0.29) is 24.0 Å². The number of benzene rings is 2. The van der Waals surface area contributed by atoms with Crippen LogP contribution in [0, 0.1) is 6.92 Å². The van der Waals surface area contributed by atoms with Gasteiger partial charge < -0.3 is 10.4 Å². The van der Waals surface area contributed by atoms with Crippen molar-refractivity contribution in [3.8, 4) is 5.75 Å². The Morgan fingerprint density at radius 3 is 2.64 bits per heavy atom. The van der Waals surface area contributed by atoms with E-state index in [0.717, 1.165) is 5.56 Å². The number of imide groups is 1. The number of hydrogen-bond donors (Lipinski definition) is 2. The molecule has 1 unspecified atom stereocenters. The number of carbonyl (C=O) groups is 2. The van der Waals surface area contributed by atoms with Crippen molar-refractivity contribution in [2.75, 3.05) is 10.2 Å². The lowest BCUT2D eigenvalue weighted by Gasteiger charge is -2.16. The number of phenolic OH excluding ortho intramolecular Hbond substituents is 1. The van der Waals surface area contributed by atoms with E-state index in [1.807, 2.05) is 25.1 Å². The van der Waals surface area contributed by atoms with Gasteiger partial charge in [0.15, 0.2) is 0 Å². The normalized spacial score (nSPS) is 17.9. The van der Waals surface area contributed by atoms with Gasteiger partial charge in [-0.2, -0.15) is 0 Å². The summed E-state index contributed by atoms with van der Waals surface area (Å²) in [5.41, 5.74) is 2.19. The summed E-state index contributed by atoms with van der Waals surface area (Å²) in [7, 11) is 0. The van der Waals surface area contributed by atoms with Crippen LogP contribution in [0.5, 0.6) is 5.75 Å². The van der Waals surface area contributed by atoms with Crippen LogP contribution >= 0.6 is 0 Å². The Hall–Kier alpha value is -2.82. The highest BCUT2D eigenvalue weighted by Crippen LogP contribution is 2.26. The highest BCUT2D eigenvalue weighted by molar-refractivity contribution is 6.23. The summed E-state index contributed by atoms with van der Waals surface area (Å²) in [5, 5.41) is 12.5. The van der Waals surface area contributed by atoms with Gasteiger partial charge in [-0.25, -0.2) is 4.90 Å². The smallest absolute Gasteiger partial charge is 0.256 e. The summed E-state index contributed by atoms with van der Waals surface area (Å²) in [6, 6.07) is 13.2. The van der Waals surface area contributed by atoms with E-state index in [2.05, 4.69) is 5.32 Å². The molecule has 5 nitrogen and oxygen atoms in total. The lowest BCUT2D eigenvalue weighted by molar-refractivity contribution is -0.121. The summed E-state index contributed by atoms with van der Waals surface area (Å²) < 4.78 is 0. The fraction of sp³-hybridized carbons (Fsp3) is 0.176. The number of phenols is 1. The molecular formula is C17H16N2O3. The molecule has 1 atom stereocenters. The molecule has 1 heterocycles. The number of hydrogen-bond acceptors (Lipinski definition) is 4. The minimum atomic E-state index is -0.616. The third kappa shape index (κ3) is 2.65. The van der Waals surface area contributed by atoms with E-state index < -0.39 is 6.04 Å². The largest absolute Gasteiger partial charge is 0.508 e. The molecule has 5 heteroatoms. The first-order valence-corrected chi connectivity index (χ1v) is 7.03. The van der Waals surface area contributed by atoms with Gasteiger partial charge in [-0.05, 0) is 36.8 Å². The van der Waals surface area contributed by atoms with Crippen LogP contribution in [0.25, 0.3) is 0 Å². The third-order valence-electron chi connectivity index (χ3n) is 3.59. The van der Waals surface area contributed by atoms with Crippen molar-refractivity contribution in [3.63, 3.8) is 0 Å². The zero-order valence-corrected chi connectivity index (χ0v) is 12.1. The van der Waals surface area contributed by atoms with Crippen LogP contribution in [0.4, 0.5) is 11.4 Å². The molecule has 0 bridgehead atoms. The van der Waals surface area contributed by atoms with E-state index in [1.165, 1.54) is 11.0 Å². The van der Waals surface area contributed by atoms with Crippen molar-refractivity contribution in [1.82, 2.24) is 0 Å². The average Bonchev–Trinajstić information content (AvgIpc) is 2.73. The Labute approximate surface area is 128 Å². The topological polar surface area (TPSA) is 69.6 Å². The van der Waals surface area contributed by atoms with Crippen LogP contribution in [0.1, 0.15) is 12.0 Å². The molecule has 2 N–H and O–H groups in total. The highest BCUT2D eigenvalue weighted by Gasteiger charge is 2.39. The molecule has 1 aliphatic heterocycles. The SMILES string of the molecule is Cc1cccc(N2C(=O)CC(Nc3cccc(O)c3)C2=O)c1. The molecule has 3 rings (SSSR count). The molecule has 2 aromatic carbocycles. The van der Waals surface area contributed by atoms with Crippen LogP contribution in [-0.4, -0.2) is 23.0 Å². The van der Waals surface area contributed by atoms with E-state index in [1.54, 1.807) is 24.3 Å². The summed E-state index contributed by atoms with van der Waals surface area (Å²) in [6.45, 7) is 1.91. The molecule has 0 spiro atoms. The average molecular weight is 296 g/mol. The van der Waals surface area contributed by atoms with Gasteiger partial charge in [0.25, 0.3) is 5.91 Å². The summed E-state index contributed by atoms with van der Waals surface area (Å²) >= 11 is 0. The predicted molar refractivity (Wildman–Crippen MR) is 83.8 cm³/mol. The first kappa shape index (κ1) is 14.1.